The van der Waals surface area contributed by atoms with Crippen molar-refractivity contribution < 1.29 is 14.6 Å². The third kappa shape index (κ3) is 2.76. The Morgan fingerprint density at radius 2 is 1.82 bits per heavy atom. The van der Waals surface area contributed by atoms with Gasteiger partial charge in [-0.2, -0.15) is 0 Å². The van der Waals surface area contributed by atoms with Crippen molar-refractivity contribution in [2.75, 3.05) is 26.7 Å². The molecule has 5 heteroatoms. The van der Waals surface area contributed by atoms with Gasteiger partial charge in [0, 0.05) is 24.1 Å². The number of hydrogen-bond donors (Lipinski definition) is 1. The first-order valence-electron chi connectivity index (χ1n) is 10.1. The highest BCUT2D eigenvalue weighted by Crippen LogP contribution is 2.47. The third-order valence-electron chi connectivity index (χ3n) is 6.89. The topological polar surface area (TPSA) is 53.0 Å². The highest BCUT2D eigenvalue weighted by atomic mass is 16.5. The van der Waals surface area contributed by atoms with Crippen LogP contribution in [0, 0.1) is 5.92 Å². The number of phenolic OH excluding ortho intramolecular Hbond substituents is 1. The maximum Gasteiger partial charge on any atom is 0.254 e. The van der Waals surface area contributed by atoms with E-state index in [2.05, 4.69) is 21.9 Å². The highest BCUT2D eigenvalue weighted by molar-refractivity contribution is 5.95. The number of aromatic hydroxyl groups is 1. The Balaban J connectivity index is 1.50. The SMILES string of the molecule is COc1ccc([C@@H]2CN(C(=O)c3cccc(O)c3)[C@@H]3C4CCN(CC4)[C@@H]32)cc1. The lowest BCUT2D eigenvalue weighted by atomic mass is 9.75. The van der Waals surface area contributed by atoms with Crippen LogP contribution < -0.4 is 4.74 Å². The number of fused-ring (bicyclic) bond motifs is 2. The Labute approximate surface area is 165 Å². The molecule has 0 saturated carbocycles. The lowest BCUT2D eigenvalue weighted by Crippen LogP contribution is -2.60. The van der Waals surface area contributed by atoms with Gasteiger partial charge in [-0.1, -0.05) is 18.2 Å². The molecule has 0 unspecified atom stereocenters. The van der Waals surface area contributed by atoms with E-state index in [9.17, 15) is 9.90 Å². The van der Waals surface area contributed by atoms with Gasteiger partial charge in [0.15, 0.2) is 0 Å². The zero-order valence-corrected chi connectivity index (χ0v) is 16.1. The summed E-state index contributed by atoms with van der Waals surface area (Å²) < 4.78 is 5.32. The molecule has 2 bridgehead atoms. The van der Waals surface area contributed by atoms with Crippen molar-refractivity contribution in [1.29, 1.82) is 0 Å². The largest absolute Gasteiger partial charge is 0.508 e. The molecule has 0 aliphatic carbocycles. The minimum Gasteiger partial charge on any atom is -0.508 e. The van der Waals surface area contributed by atoms with E-state index in [1.807, 2.05) is 12.1 Å². The monoisotopic (exact) mass is 378 g/mol. The molecule has 0 aromatic heterocycles. The molecule has 2 aromatic rings. The van der Waals surface area contributed by atoms with E-state index in [0.717, 1.165) is 25.4 Å². The number of nitrogens with zero attached hydrogens (tertiary/aromatic N) is 2. The van der Waals surface area contributed by atoms with Crippen LogP contribution in [0.25, 0.3) is 0 Å². The summed E-state index contributed by atoms with van der Waals surface area (Å²) in [6.07, 6.45) is 2.33. The molecule has 0 spiro atoms. The summed E-state index contributed by atoms with van der Waals surface area (Å²) in [6.45, 7) is 2.99. The van der Waals surface area contributed by atoms with Gasteiger partial charge >= 0.3 is 0 Å². The number of hydrogen-bond acceptors (Lipinski definition) is 4. The molecule has 4 saturated heterocycles. The molecule has 3 atom stereocenters. The van der Waals surface area contributed by atoms with Crippen molar-refractivity contribution in [2.45, 2.75) is 30.8 Å². The summed E-state index contributed by atoms with van der Waals surface area (Å²) in [5.74, 6) is 1.91. The fourth-order valence-corrected chi connectivity index (χ4v) is 5.60. The van der Waals surface area contributed by atoms with Gasteiger partial charge in [0.25, 0.3) is 5.91 Å². The predicted octanol–water partition coefficient (Wildman–Crippen LogP) is 3.10. The van der Waals surface area contributed by atoms with Crippen LogP contribution in [0.3, 0.4) is 0 Å². The molecule has 1 N–H and O–H groups in total. The lowest BCUT2D eigenvalue weighted by Gasteiger charge is -2.51. The van der Waals surface area contributed by atoms with Gasteiger partial charge in [0.2, 0.25) is 0 Å². The maximum absolute atomic E-state index is 13.4. The highest BCUT2D eigenvalue weighted by Gasteiger charge is 2.54. The minimum atomic E-state index is 0.0376. The van der Waals surface area contributed by atoms with E-state index in [1.165, 1.54) is 18.4 Å². The van der Waals surface area contributed by atoms with E-state index in [-0.39, 0.29) is 17.7 Å². The molecule has 146 valence electrons. The van der Waals surface area contributed by atoms with Crippen LogP contribution >= 0.6 is 0 Å². The third-order valence-corrected chi connectivity index (χ3v) is 6.89. The molecule has 2 aromatic carbocycles. The summed E-state index contributed by atoms with van der Waals surface area (Å²) in [7, 11) is 1.68. The Hall–Kier alpha value is -2.53. The second-order valence-corrected chi connectivity index (χ2v) is 8.24. The normalized spacial score (nSPS) is 30.9. The van der Waals surface area contributed by atoms with E-state index < -0.39 is 0 Å². The lowest BCUT2D eigenvalue weighted by molar-refractivity contribution is -0.00341. The average molecular weight is 378 g/mol. The average Bonchev–Trinajstić information content (AvgIpc) is 3.17. The molecule has 0 radical (unpaired) electrons. The number of ether oxygens (including phenoxy) is 1. The van der Waals surface area contributed by atoms with E-state index >= 15 is 0 Å². The molecular formula is C23H26N2O3. The molecule has 28 heavy (non-hydrogen) atoms. The summed E-state index contributed by atoms with van der Waals surface area (Å²) >= 11 is 0. The van der Waals surface area contributed by atoms with Gasteiger partial charge < -0.3 is 14.7 Å². The van der Waals surface area contributed by atoms with Crippen LogP contribution in [0.1, 0.15) is 34.7 Å². The van der Waals surface area contributed by atoms with Crippen molar-refractivity contribution in [3.05, 3.63) is 59.7 Å². The summed E-state index contributed by atoms with van der Waals surface area (Å²) in [5, 5.41) is 9.83. The zero-order valence-electron chi connectivity index (χ0n) is 16.1. The quantitative estimate of drug-likeness (QED) is 0.892. The number of rotatable bonds is 3. The first kappa shape index (κ1) is 17.6. The Morgan fingerprint density at radius 3 is 2.50 bits per heavy atom. The van der Waals surface area contributed by atoms with Crippen LogP contribution in [0.2, 0.25) is 0 Å². The number of amides is 1. The van der Waals surface area contributed by atoms with Crippen molar-refractivity contribution >= 4 is 5.91 Å². The number of carbonyl (C=O) groups is 1. The molecule has 5 nitrogen and oxygen atoms in total. The number of phenols is 1. The Morgan fingerprint density at radius 1 is 1.07 bits per heavy atom. The summed E-state index contributed by atoms with van der Waals surface area (Å²) in [5.41, 5.74) is 1.85. The fraction of sp³-hybridized carbons (Fsp3) is 0.435. The first-order chi connectivity index (χ1) is 13.7. The summed E-state index contributed by atoms with van der Waals surface area (Å²) in [6, 6.07) is 15.7. The number of benzene rings is 2. The first-order valence-corrected chi connectivity index (χ1v) is 10.1. The number of methoxy groups -OCH3 is 1. The van der Waals surface area contributed by atoms with Crippen LogP contribution in [-0.2, 0) is 0 Å². The van der Waals surface area contributed by atoms with Crippen molar-refractivity contribution in [3.63, 3.8) is 0 Å². The Kier molecular flexibility index (Phi) is 4.27. The van der Waals surface area contributed by atoms with Gasteiger partial charge in [-0.3, -0.25) is 9.69 Å². The van der Waals surface area contributed by atoms with Gasteiger partial charge in [-0.15, -0.1) is 0 Å². The zero-order chi connectivity index (χ0) is 19.3. The molecule has 6 rings (SSSR count). The van der Waals surface area contributed by atoms with Gasteiger partial charge in [0.05, 0.1) is 13.2 Å². The smallest absolute Gasteiger partial charge is 0.254 e. The Bertz CT molecular complexity index is 874. The second-order valence-electron chi connectivity index (χ2n) is 8.24. The van der Waals surface area contributed by atoms with Crippen LogP contribution in [-0.4, -0.2) is 59.6 Å². The number of piperidine rings is 3. The van der Waals surface area contributed by atoms with Crippen LogP contribution in [0.4, 0.5) is 0 Å². The summed E-state index contributed by atoms with van der Waals surface area (Å²) in [4.78, 5) is 18.1. The molecular weight excluding hydrogens is 352 g/mol. The van der Waals surface area contributed by atoms with Crippen molar-refractivity contribution in [1.82, 2.24) is 9.80 Å². The van der Waals surface area contributed by atoms with E-state index in [4.69, 9.17) is 4.74 Å². The maximum atomic E-state index is 13.4. The van der Waals surface area contributed by atoms with E-state index in [1.54, 1.807) is 31.4 Å². The van der Waals surface area contributed by atoms with Crippen molar-refractivity contribution in [3.8, 4) is 11.5 Å². The van der Waals surface area contributed by atoms with Gasteiger partial charge in [-0.05, 0) is 67.7 Å². The van der Waals surface area contributed by atoms with Crippen LogP contribution in [0.5, 0.6) is 11.5 Å². The fourth-order valence-electron chi connectivity index (χ4n) is 5.60. The van der Waals surface area contributed by atoms with E-state index in [0.29, 0.717) is 23.4 Å². The van der Waals surface area contributed by atoms with Crippen LogP contribution in [0.15, 0.2) is 48.5 Å². The van der Waals surface area contributed by atoms with Gasteiger partial charge in [-0.25, -0.2) is 0 Å². The number of likely N-dealkylation sites (tertiary alicyclic amines) is 1. The van der Waals surface area contributed by atoms with Crippen molar-refractivity contribution in [2.24, 2.45) is 5.92 Å². The van der Waals surface area contributed by atoms with Gasteiger partial charge in [0.1, 0.15) is 11.5 Å². The molecule has 4 aliphatic rings. The molecule has 4 aliphatic heterocycles. The number of carbonyl (C=O) groups excluding carboxylic acids is 1. The molecule has 1 amide bonds. The molecule has 4 heterocycles. The predicted molar refractivity (Wildman–Crippen MR) is 107 cm³/mol. The second kappa shape index (κ2) is 6.82. The minimum absolute atomic E-state index is 0.0376. The standard InChI is InChI=1S/C23H26N2O3/c1-28-19-7-5-15(6-8-19)20-14-25(23(27)17-3-2-4-18(26)13-17)21-16-9-11-24(12-10-16)22(20)21/h2-8,13,16,20-22,26H,9-12,14H2,1H3/t20-,21+,22+/m0/s1. The molecule has 4 fully saturated rings.